The van der Waals surface area contributed by atoms with Crippen LogP contribution in [0.3, 0.4) is 0 Å². The van der Waals surface area contributed by atoms with E-state index in [0.717, 1.165) is 12.0 Å². The number of nitro benzene ring substituents is 1. The Bertz CT molecular complexity index is 876. The molecule has 1 aliphatic heterocycles. The van der Waals surface area contributed by atoms with E-state index in [1.54, 1.807) is 24.3 Å². The number of non-ortho nitro benzene ring substituents is 1. The highest BCUT2D eigenvalue weighted by molar-refractivity contribution is 5.99. The molecular weight excluding hydrogens is 374 g/mol. The number of pyridine rings is 1. The van der Waals surface area contributed by atoms with Crippen LogP contribution < -0.4 is 10.1 Å². The lowest BCUT2D eigenvalue weighted by molar-refractivity contribution is -0.384. The van der Waals surface area contributed by atoms with E-state index in [-0.39, 0.29) is 11.6 Å². The molecule has 154 valence electrons. The third-order valence-corrected chi connectivity index (χ3v) is 5.17. The number of nitrogens with zero attached hydrogens (tertiary/aromatic N) is 2. The van der Waals surface area contributed by atoms with Crippen LogP contribution in [0.5, 0.6) is 5.88 Å². The molecule has 8 heteroatoms. The zero-order valence-corrected chi connectivity index (χ0v) is 16.6. The molecular formula is C21H25N3O5. The minimum absolute atomic E-state index is 0.000852. The number of ether oxygens (including phenoxy) is 2. The van der Waals surface area contributed by atoms with Crippen LogP contribution in [0.1, 0.15) is 37.4 Å². The first-order valence-corrected chi connectivity index (χ1v) is 9.71. The number of nitrogens with one attached hydrogen (secondary N) is 1. The van der Waals surface area contributed by atoms with Crippen LogP contribution in [0.15, 0.2) is 36.4 Å². The number of carbonyl (C=O) groups is 1. The van der Waals surface area contributed by atoms with Crippen molar-refractivity contribution in [3.8, 4) is 5.88 Å². The van der Waals surface area contributed by atoms with Gasteiger partial charge in [-0.25, -0.2) is 4.98 Å². The van der Waals surface area contributed by atoms with E-state index in [0.29, 0.717) is 49.9 Å². The predicted molar refractivity (Wildman–Crippen MR) is 108 cm³/mol. The highest BCUT2D eigenvalue weighted by Crippen LogP contribution is 2.37. The van der Waals surface area contributed by atoms with E-state index in [2.05, 4.69) is 10.3 Å². The Morgan fingerprint density at radius 3 is 2.52 bits per heavy atom. The SMILES string of the molecule is CCCOc1ccc(NC(=O)C2(c3ccc([N+](=O)[O-])cc3)CCOCC2)c(C)n1. The van der Waals surface area contributed by atoms with Gasteiger partial charge in [-0.1, -0.05) is 19.1 Å². The number of nitro groups is 1. The Balaban J connectivity index is 1.85. The van der Waals surface area contributed by atoms with Crippen molar-refractivity contribution in [3.05, 3.63) is 57.8 Å². The molecule has 1 aliphatic rings. The normalized spacial score (nSPS) is 15.5. The van der Waals surface area contributed by atoms with Gasteiger partial charge in [-0.15, -0.1) is 0 Å². The second kappa shape index (κ2) is 9.00. The molecule has 0 aliphatic carbocycles. The average Bonchev–Trinajstić information content (AvgIpc) is 2.74. The van der Waals surface area contributed by atoms with Gasteiger partial charge < -0.3 is 14.8 Å². The van der Waals surface area contributed by atoms with Crippen LogP contribution in [0.25, 0.3) is 0 Å². The molecule has 0 unspecified atom stereocenters. The molecule has 2 heterocycles. The second-order valence-electron chi connectivity index (χ2n) is 7.08. The molecule has 1 N–H and O–H groups in total. The fourth-order valence-electron chi connectivity index (χ4n) is 3.47. The quantitative estimate of drug-likeness (QED) is 0.561. The summed E-state index contributed by atoms with van der Waals surface area (Å²) in [6.07, 6.45) is 1.89. The number of hydrogen-bond donors (Lipinski definition) is 1. The van der Waals surface area contributed by atoms with E-state index < -0.39 is 10.3 Å². The van der Waals surface area contributed by atoms with Gasteiger partial charge in [0, 0.05) is 31.4 Å². The summed E-state index contributed by atoms with van der Waals surface area (Å²) in [5.41, 5.74) is 1.22. The number of hydrogen-bond acceptors (Lipinski definition) is 6. The van der Waals surface area contributed by atoms with Crippen molar-refractivity contribution < 1.29 is 19.2 Å². The number of amides is 1. The van der Waals surface area contributed by atoms with Crippen LogP contribution in [-0.2, 0) is 14.9 Å². The molecule has 1 saturated heterocycles. The lowest BCUT2D eigenvalue weighted by atomic mass is 9.73. The van der Waals surface area contributed by atoms with Gasteiger partial charge in [-0.3, -0.25) is 14.9 Å². The fraction of sp³-hybridized carbons (Fsp3) is 0.429. The Morgan fingerprint density at radius 2 is 1.93 bits per heavy atom. The number of anilines is 1. The highest BCUT2D eigenvalue weighted by Gasteiger charge is 2.42. The van der Waals surface area contributed by atoms with Crippen LogP contribution in [-0.4, -0.2) is 35.6 Å². The van der Waals surface area contributed by atoms with Crippen molar-refractivity contribution in [2.45, 2.75) is 38.5 Å². The summed E-state index contributed by atoms with van der Waals surface area (Å²) in [6.45, 7) is 5.32. The Morgan fingerprint density at radius 1 is 1.24 bits per heavy atom. The molecule has 1 amide bonds. The first kappa shape index (κ1) is 20.7. The topological polar surface area (TPSA) is 104 Å². The molecule has 8 nitrogen and oxygen atoms in total. The fourth-order valence-corrected chi connectivity index (χ4v) is 3.47. The zero-order chi connectivity index (χ0) is 20.9. The van der Waals surface area contributed by atoms with Crippen LogP contribution in [0.4, 0.5) is 11.4 Å². The van der Waals surface area contributed by atoms with Crippen molar-refractivity contribution in [2.75, 3.05) is 25.1 Å². The van der Waals surface area contributed by atoms with E-state index >= 15 is 0 Å². The zero-order valence-electron chi connectivity index (χ0n) is 16.6. The Labute approximate surface area is 169 Å². The summed E-state index contributed by atoms with van der Waals surface area (Å²) in [7, 11) is 0. The minimum Gasteiger partial charge on any atom is -0.478 e. The largest absolute Gasteiger partial charge is 0.478 e. The smallest absolute Gasteiger partial charge is 0.269 e. The van der Waals surface area contributed by atoms with Crippen LogP contribution >= 0.6 is 0 Å². The van der Waals surface area contributed by atoms with E-state index in [9.17, 15) is 14.9 Å². The molecule has 3 rings (SSSR count). The standard InChI is InChI=1S/C21H25N3O5/c1-3-12-29-19-9-8-18(15(2)22-19)23-20(25)21(10-13-28-14-11-21)16-4-6-17(7-5-16)24(26)27/h4-9H,3,10-14H2,1-2H3,(H,23,25). The molecule has 0 bridgehead atoms. The van der Waals surface area contributed by atoms with Gasteiger partial charge in [0.15, 0.2) is 0 Å². The van der Waals surface area contributed by atoms with Crippen molar-refractivity contribution in [1.82, 2.24) is 4.98 Å². The molecule has 1 aromatic carbocycles. The molecule has 2 aromatic rings. The molecule has 1 aromatic heterocycles. The van der Waals surface area contributed by atoms with Crippen molar-refractivity contribution in [2.24, 2.45) is 0 Å². The summed E-state index contributed by atoms with van der Waals surface area (Å²) in [5, 5.41) is 14.0. The predicted octanol–water partition coefficient (Wildman–Crippen LogP) is 3.77. The van der Waals surface area contributed by atoms with Crippen molar-refractivity contribution >= 4 is 17.3 Å². The summed E-state index contributed by atoms with van der Waals surface area (Å²) < 4.78 is 11.0. The summed E-state index contributed by atoms with van der Waals surface area (Å²) in [4.78, 5) is 28.3. The van der Waals surface area contributed by atoms with Gasteiger partial charge in [-0.2, -0.15) is 0 Å². The summed E-state index contributed by atoms with van der Waals surface area (Å²) in [6, 6.07) is 9.72. The molecule has 1 fully saturated rings. The third-order valence-electron chi connectivity index (χ3n) is 5.17. The van der Waals surface area contributed by atoms with Gasteiger partial charge in [0.2, 0.25) is 11.8 Å². The number of carbonyl (C=O) groups excluding carboxylic acids is 1. The third kappa shape index (κ3) is 4.54. The van der Waals surface area contributed by atoms with Crippen LogP contribution in [0, 0.1) is 17.0 Å². The lowest BCUT2D eigenvalue weighted by Gasteiger charge is -2.36. The molecule has 29 heavy (non-hydrogen) atoms. The summed E-state index contributed by atoms with van der Waals surface area (Å²) in [5.74, 6) is 0.361. The van der Waals surface area contributed by atoms with Crippen molar-refractivity contribution in [1.29, 1.82) is 0 Å². The first-order valence-electron chi connectivity index (χ1n) is 9.71. The van der Waals surface area contributed by atoms with Gasteiger partial charge in [0.25, 0.3) is 5.69 Å². The maximum atomic E-state index is 13.4. The summed E-state index contributed by atoms with van der Waals surface area (Å²) >= 11 is 0. The van der Waals surface area contributed by atoms with Gasteiger partial charge in [0.05, 0.1) is 28.3 Å². The van der Waals surface area contributed by atoms with Gasteiger partial charge >= 0.3 is 0 Å². The number of aromatic nitrogens is 1. The second-order valence-corrected chi connectivity index (χ2v) is 7.08. The molecule has 0 saturated carbocycles. The van der Waals surface area contributed by atoms with Gasteiger partial charge in [-0.05, 0) is 37.8 Å². The molecule has 0 spiro atoms. The molecule has 0 radical (unpaired) electrons. The monoisotopic (exact) mass is 399 g/mol. The first-order chi connectivity index (χ1) is 14.0. The lowest BCUT2D eigenvalue weighted by Crippen LogP contribution is -2.45. The number of benzene rings is 1. The number of aryl methyl sites for hydroxylation is 1. The minimum atomic E-state index is -0.808. The average molecular weight is 399 g/mol. The van der Waals surface area contributed by atoms with E-state index in [1.165, 1.54) is 12.1 Å². The highest BCUT2D eigenvalue weighted by atomic mass is 16.6. The van der Waals surface area contributed by atoms with Crippen LogP contribution in [0.2, 0.25) is 0 Å². The van der Waals surface area contributed by atoms with Gasteiger partial charge in [0.1, 0.15) is 0 Å². The Hall–Kier alpha value is -3.00. The maximum absolute atomic E-state index is 13.4. The van der Waals surface area contributed by atoms with E-state index in [1.807, 2.05) is 13.8 Å². The molecule has 0 atom stereocenters. The van der Waals surface area contributed by atoms with Crippen molar-refractivity contribution in [3.63, 3.8) is 0 Å². The Kier molecular flexibility index (Phi) is 6.43. The number of rotatable bonds is 7. The maximum Gasteiger partial charge on any atom is 0.269 e. The van der Waals surface area contributed by atoms with E-state index in [4.69, 9.17) is 9.47 Å².